The molecule has 0 N–H and O–H groups in total. The fourth-order valence-electron chi connectivity index (χ4n) is 1.91. The highest BCUT2D eigenvalue weighted by molar-refractivity contribution is 5.91. The number of aromatic nitrogens is 2. The first-order chi connectivity index (χ1) is 10.7. The van der Waals surface area contributed by atoms with Crippen molar-refractivity contribution in [1.29, 1.82) is 0 Å². The molecule has 0 aliphatic carbocycles. The Morgan fingerprint density at radius 3 is 2.27 bits per heavy atom. The molecule has 1 aromatic heterocycles. The number of nitrogens with zero attached hydrogens (tertiary/aromatic N) is 2. The molecule has 108 valence electrons. The van der Waals surface area contributed by atoms with Gasteiger partial charge in [-0.05, 0) is 18.2 Å². The number of halogens is 1. The molecule has 4 nitrogen and oxygen atoms in total. The lowest BCUT2D eigenvalue weighted by Gasteiger charge is -2.04. The van der Waals surface area contributed by atoms with Crippen molar-refractivity contribution in [1.82, 2.24) is 10.2 Å². The van der Waals surface area contributed by atoms with Crippen LogP contribution in [0.15, 0.2) is 66.7 Å². The molecule has 3 aromatic rings. The Kier molecular flexibility index (Phi) is 3.87. The van der Waals surface area contributed by atoms with Gasteiger partial charge in [-0.3, -0.25) is 0 Å². The van der Waals surface area contributed by atoms with E-state index in [1.807, 2.05) is 30.3 Å². The molecule has 0 aliphatic rings. The van der Waals surface area contributed by atoms with Crippen molar-refractivity contribution in [3.8, 4) is 17.1 Å². The van der Waals surface area contributed by atoms with Crippen molar-refractivity contribution in [2.24, 2.45) is 0 Å². The molecule has 5 heteroatoms. The summed E-state index contributed by atoms with van der Waals surface area (Å²) in [6, 6.07) is 18.3. The molecule has 0 saturated carbocycles. The highest BCUT2D eigenvalue weighted by Gasteiger charge is 2.14. The minimum atomic E-state index is -0.806. The van der Waals surface area contributed by atoms with Gasteiger partial charge in [0.25, 0.3) is 0 Å². The van der Waals surface area contributed by atoms with E-state index in [2.05, 4.69) is 10.2 Å². The summed E-state index contributed by atoms with van der Waals surface area (Å²) < 4.78 is 18.5. The summed E-state index contributed by atoms with van der Waals surface area (Å²) in [5.74, 6) is -1.42. The van der Waals surface area contributed by atoms with Crippen LogP contribution in [0.25, 0.3) is 11.3 Å². The highest BCUT2D eigenvalue weighted by atomic mass is 19.1. The van der Waals surface area contributed by atoms with E-state index in [4.69, 9.17) is 4.74 Å². The number of carbonyl (C=O) groups excluding carboxylic acids is 1. The summed E-state index contributed by atoms with van der Waals surface area (Å²) in [5.41, 5.74) is 1.42. The summed E-state index contributed by atoms with van der Waals surface area (Å²) in [4.78, 5) is 11.9. The van der Waals surface area contributed by atoms with E-state index in [1.54, 1.807) is 12.1 Å². The van der Waals surface area contributed by atoms with Gasteiger partial charge in [0.05, 0.1) is 11.3 Å². The first-order valence-corrected chi connectivity index (χ1v) is 6.60. The van der Waals surface area contributed by atoms with Crippen LogP contribution in [0.3, 0.4) is 0 Å². The Bertz CT molecular complexity index is 789. The third-order valence-corrected chi connectivity index (χ3v) is 3.00. The van der Waals surface area contributed by atoms with Crippen molar-refractivity contribution in [3.05, 3.63) is 78.1 Å². The third kappa shape index (κ3) is 2.98. The second-order valence-corrected chi connectivity index (χ2v) is 4.49. The second kappa shape index (κ2) is 6.13. The first kappa shape index (κ1) is 13.9. The number of hydrogen-bond acceptors (Lipinski definition) is 4. The molecular formula is C17H11FN2O2. The van der Waals surface area contributed by atoms with E-state index in [0.717, 1.165) is 5.56 Å². The minimum Gasteiger partial charge on any atom is -0.402 e. The van der Waals surface area contributed by atoms with Crippen molar-refractivity contribution in [2.45, 2.75) is 0 Å². The van der Waals surface area contributed by atoms with E-state index in [1.165, 1.54) is 24.3 Å². The lowest BCUT2D eigenvalue weighted by Crippen LogP contribution is -2.11. The van der Waals surface area contributed by atoms with E-state index in [-0.39, 0.29) is 11.4 Å². The van der Waals surface area contributed by atoms with Crippen LogP contribution < -0.4 is 4.74 Å². The fourth-order valence-corrected chi connectivity index (χ4v) is 1.91. The normalized spacial score (nSPS) is 10.2. The fraction of sp³-hybridized carbons (Fsp3) is 0. The lowest BCUT2D eigenvalue weighted by atomic mass is 10.1. The predicted molar refractivity (Wildman–Crippen MR) is 78.8 cm³/mol. The molecule has 0 spiro atoms. The number of ether oxygens (including phenoxy) is 1. The van der Waals surface area contributed by atoms with Crippen LogP contribution in [-0.4, -0.2) is 16.2 Å². The summed E-state index contributed by atoms with van der Waals surface area (Å²) in [6.07, 6.45) is 0. The largest absolute Gasteiger partial charge is 0.402 e. The van der Waals surface area contributed by atoms with Crippen LogP contribution in [-0.2, 0) is 0 Å². The average Bonchev–Trinajstić information content (AvgIpc) is 2.57. The van der Waals surface area contributed by atoms with Gasteiger partial charge in [-0.1, -0.05) is 42.5 Å². The van der Waals surface area contributed by atoms with Crippen molar-refractivity contribution in [2.75, 3.05) is 0 Å². The van der Waals surface area contributed by atoms with Gasteiger partial charge in [0.2, 0.25) is 5.88 Å². The molecule has 1 heterocycles. The van der Waals surface area contributed by atoms with Gasteiger partial charge in [0.15, 0.2) is 0 Å². The highest BCUT2D eigenvalue weighted by Crippen LogP contribution is 2.18. The molecule has 0 saturated heterocycles. The quantitative estimate of drug-likeness (QED) is 0.694. The van der Waals surface area contributed by atoms with Crippen LogP contribution in [0.1, 0.15) is 10.4 Å². The topological polar surface area (TPSA) is 52.1 Å². The molecule has 0 radical (unpaired) electrons. The van der Waals surface area contributed by atoms with Gasteiger partial charge < -0.3 is 4.74 Å². The molecule has 0 unspecified atom stereocenters. The maximum atomic E-state index is 13.5. The van der Waals surface area contributed by atoms with Gasteiger partial charge in [-0.15, -0.1) is 10.2 Å². The van der Waals surface area contributed by atoms with Crippen LogP contribution >= 0.6 is 0 Å². The molecule has 0 amide bonds. The maximum absolute atomic E-state index is 13.5. The Labute approximate surface area is 126 Å². The van der Waals surface area contributed by atoms with Gasteiger partial charge in [0.1, 0.15) is 5.82 Å². The van der Waals surface area contributed by atoms with Crippen LogP contribution in [0, 0.1) is 5.82 Å². The minimum absolute atomic E-state index is 0.0212. The smallest absolute Gasteiger partial charge is 0.347 e. The molecule has 3 rings (SSSR count). The van der Waals surface area contributed by atoms with E-state index in [0.29, 0.717) is 5.69 Å². The van der Waals surface area contributed by atoms with Gasteiger partial charge in [0, 0.05) is 11.6 Å². The van der Waals surface area contributed by atoms with Crippen molar-refractivity contribution in [3.63, 3.8) is 0 Å². The molecule has 0 aliphatic heterocycles. The zero-order chi connectivity index (χ0) is 15.4. The Morgan fingerprint density at radius 2 is 1.59 bits per heavy atom. The zero-order valence-electron chi connectivity index (χ0n) is 11.4. The van der Waals surface area contributed by atoms with E-state index >= 15 is 0 Å². The summed E-state index contributed by atoms with van der Waals surface area (Å²) in [6.45, 7) is 0. The average molecular weight is 294 g/mol. The predicted octanol–water partition coefficient (Wildman–Crippen LogP) is 3.50. The van der Waals surface area contributed by atoms with Gasteiger partial charge in [-0.2, -0.15) is 0 Å². The van der Waals surface area contributed by atoms with Crippen molar-refractivity contribution >= 4 is 5.97 Å². The van der Waals surface area contributed by atoms with E-state index in [9.17, 15) is 9.18 Å². The SMILES string of the molecule is O=C(Oc1ccc(-c2ccccc2)nn1)c1ccccc1F. The molecule has 2 aromatic carbocycles. The summed E-state index contributed by atoms with van der Waals surface area (Å²) in [7, 11) is 0. The number of rotatable bonds is 3. The number of carbonyl (C=O) groups is 1. The molecule has 0 atom stereocenters. The number of esters is 1. The Balaban J connectivity index is 1.77. The standard InChI is InChI=1S/C17H11FN2O2/c18-14-9-5-4-8-13(14)17(21)22-16-11-10-15(19-20-16)12-6-2-1-3-7-12/h1-11H. The molecule has 0 bridgehead atoms. The third-order valence-electron chi connectivity index (χ3n) is 3.00. The van der Waals surface area contributed by atoms with Crippen LogP contribution in [0.2, 0.25) is 0 Å². The van der Waals surface area contributed by atoms with Crippen LogP contribution in [0.5, 0.6) is 5.88 Å². The summed E-state index contributed by atoms with van der Waals surface area (Å²) in [5, 5.41) is 7.83. The number of hydrogen-bond donors (Lipinski definition) is 0. The molecule has 22 heavy (non-hydrogen) atoms. The van der Waals surface area contributed by atoms with Crippen molar-refractivity contribution < 1.29 is 13.9 Å². The lowest BCUT2D eigenvalue weighted by molar-refractivity contribution is 0.0721. The van der Waals surface area contributed by atoms with Gasteiger partial charge >= 0.3 is 5.97 Å². The van der Waals surface area contributed by atoms with E-state index < -0.39 is 11.8 Å². The number of benzene rings is 2. The van der Waals surface area contributed by atoms with Crippen LogP contribution in [0.4, 0.5) is 4.39 Å². The van der Waals surface area contributed by atoms with Gasteiger partial charge in [-0.25, -0.2) is 9.18 Å². The zero-order valence-corrected chi connectivity index (χ0v) is 11.4. The maximum Gasteiger partial charge on any atom is 0.347 e. The monoisotopic (exact) mass is 294 g/mol. The Morgan fingerprint density at radius 1 is 0.864 bits per heavy atom. The molecule has 0 fully saturated rings. The second-order valence-electron chi connectivity index (χ2n) is 4.49. The first-order valence-electron chi connectivity index (χ1n) is 6.60. The Hall–Kier alpha value is -3.08. The molecular weight excluding hydrogens is 283 g/mol. The summed E-state index contributed by atoms with van der Waals surface area (Å²) >= 11 is 0.